The van der Waals surface area contributed by atoms with Crippen LogP contribution in [-0.4, -0.2) is 6.54 Å². The first-order chi connectivity index (χ1) is 8.60. The van der Waals surface area contributed by atoms with E-state index in [0.717, 1.165) is 18.5 Å². The molecule has 2 atom stereocenters. The van der Waals surface area contributed by atoms with E-state index in [1.165, 1.54) is 18.9 Å². The monoisotopic (exact) mass is 271 g/mol. The van der Waals surface area contributed by atoms with Crippen molar-refractivity contribution in [2.75, 3.05) is 6.54 Å². The smallest absolute Gasteiger partial charge is 0.142 e. The van der Waals surface area contributed by atoms with Gasteiger partial charge in [0.15, 0.2) is 0 Å². The van der Waals surface area contributed by atoms with Gasteiger partial charge >= 0.3 is 0 Å². The Kier molecular flexibility index (Phi) is 6.66. The third-order valence-electron chi connectivity index (χ3n) is 3.23. The fourth-order valence-electron chi connectivity index (χ4n) is 2.37. The molecule has 0 saturated heterocycles. The van der Waals surface area contributed by atoms with Gasteiger partial charge in [0.25, 0.3) is 0 Å². The summed E-state index contributed by atoms with van der Waals surface area (Å²) < 4.78 is 13.5. The quantitative estimate of drug-likeness (QED) is 0.739. The van der Waals surface area contributed by atoms with E-state index in [1.54, 1.807) is 6.07 Å². The Bertz CT molecular complexity index is 368. The van der Waals surface area contributed by atoms with Crippen LogP contribution in [0.5, 0.6) is 0 Å². The van der Waals surface area contributed by atoms with Crippen LogP contribution in [0.3, 0.4) is 0 Å². The molecular weight excluding hydrogens is 249 g/mol. The second kappa shape index (κ2) is 7.75. The minimum Gasteiger partial charge on any atom is -0.310 e. The van der Waals surface area contributed by atoms with Crippen molar-refractivity contribution >= 4 is 11.6 Å². The molecule has 102 valence electrons. The Morgan fingerprint density at radius 1 is 1.33 bits per heavy atom. The van der Waals surface area contributed by atoms with Crippen LogP contribution in [-0.2, 0) is 0 Å². The maximum absolute atomic E-state index is 13.5. The minimum absolute atomic E-state index is 0.139. The predicted molar refractivity (Wildman–Crippen MR) is 76.5 cm³/mol. The molecule has 1 N–H and O–H groups in total. The third-order valence-corrected chi connectivity index (χ3v) is 3.63. The van der Waals surface area contributed by atoms with Crippen LogP contribution in [0.4, 0.5) is 4.39 Å². The van der Waals surface area contributed by atoms with Crippen LogP contribution < -0.4 is 5.32 Å². The second-order valence-corrected chi connectivity index (χ2v) is 5.26. The molecule has 0 fully saturated rings. The van der Waals surface area contributed by atoms with Gasteiger partial charge in [-0.3, -0.25) is 0 Å². The van der Waals surface area contributed by atoms with Gasteiger partial charge < -0.3 is 5.32 Å². The summed E-state index contributed by atoms with van der Waals surface area (Å²) in [5, 5.41) is 3.66. The SMILES string of the molecule is CCCC(C)CC(NCC)c1cccc(F)c1Cl. The van der Waals surface area contributed by atoms with E-state index >= 15 is 0 Å². The molecule has 0 aliphatic heterocycles. The molecule has 1 aromatic rings. The van der Waals surface area contributed by atoms with Crippen molar-refractivity contribution in [1.82, 2.24) is 5.32 Å². The Morgan fingerprint density at radius 3 is 2.67 bits per heavy atom. The van der Waals surface area contributed by atoms with Crippen molar-refractivity contribution in [3.05, 3.63) is 34.6 Å². The zero-order valence-electron chi connectivity index (χ0n) is 11.5. The first-order valence-corrected chi connectivity index (χ1v) is 7.15. The van der Waals surface area contributed by atoms with Crippen LogP contribution in [0.1, 0.15) is 51.6 Å². The lowest BCUT2D eigenvalue weighted by atomic mass is 9.93. The summed E-state index contributed by atoms with van der Waals surface area (Å²) in [6, 6.07) is 5.19. The van der Waals surface area contributed by atoms with Crippen LogP contribution in [0.2, 0.25) is 5.02 Å². The molecule has 0 aromatic heterocycles. The van der Waals surface area contributed by atoms with E-state index < -0.39 is 0 Å². The second-order valence-electron chi connectivity index (χ2n) is 4.88. The Hall–Kier alpha value is -0.600. The molecule has 0 spiro atoms. The van der Waals surface area contributed by atoms with Crippen molar-refractivity contribution in [3.8, 4) is 0 Å². The average molecular weight is 272 g/mol. The van der Waals surface area contributed by atoms with Gasteiger partial charge in [0.1, 0.15) is 5.82 Å². The molecule has 2 unspecified atom stereocenters. The topological polar surface area (TPSA) is 12.0 Å². The minimum atomic E-state index is -0.333. The zero-order chi connectivity index (χ0) is 13.5. The van der Waals surface area contributed by atoms with Gasteiger partial charge in [-0.25, -0.2) is 4.39 Å². The highest BCUT2D eigenvalue weighted by atomic mass is 35.5. The lowest BCUT2D eigenvalue weighted by Gasteiger charge is -2.23. The maximum Gasteiger partial charge on any atom is 0.142 e. The number of rotatable bonds is 7. The summed E-state index contributed by atoms with van der Waals surface area (Å²) in [4.78, 5) is 0. The number of nitrogens with one attached hydrogen (secondary N) is 1. The van der Waals surface area contributed by atoms with Gasteiger partial charge in [-0.2, -0.15) is 0 Å². The molecule has 0 aliphatic carbocycles. The highest BCUT2D eigenvalue weighted by Gasteiger charge is 2.18. The Labute approximate surface area is 115 Å². The van der Waals surface area contributed by atoms with Gasteiger partial charge in [-0.15, -0.1) is 0 Å². The molecule has 1 rings (SSSR count). The fourth-order valence-corrected chi connectivity index (χ4v) is 2.63. The molecule has 0 aliphatic rings. The van der Waals surface area contributed by atoms with Gasteiger partial charge in [0.2, 0.25) is 0 Å². The summed E-state index contributed by atoms with van der Waals surface area (Å²) in [7, 11) is 0. The van der Waals surface area contributed by atoms with E-state index in [0.29, 0.717) is 5.92 Å². The number of halogens is 2. The van der Waals surface area contributed by atoms with Crippen molar-refractivity contribution in [2.24, 2.45) is 5.92 Å². The maximum atomic E-state index is 13.5. The van der Waals surface area contributed by atoms with Crippen LogP contribution >= 0.6 is 11.6 Å². The van der Waals surface area contributed by atoms with Gasteiger partial charge in [-0.05, 0) is 30.5 Å². The Balaban J connectivity index is 2.86. The molecule has 0 radical (unpaired) electrons. The number of benzene rings is 1. The normalized spacial score (nSPS) is 14.5. The zero-order valence-corrected chi connectivity index (χ0v) is 12.2. The summed E-state index contributed by atoms with van der Waals surface area (Å²) >= 11 is 6.07. The molecule has 0 saturated carbocycles. The molecule has 1 nitrogen and oxygen atoms in total. The van der Waals surface area contributed by atoms with Gasteiger partial charge in [0.05, 0.1) is 5.02 Å². The highest BCUT2D eigenvalue weighted by molar-refractivity contribution is 6.31. The first kappa shape index (κ1) is 15.5. The van der Waals surface area contributed by atoms with E-state index in [4.69, 9.17) is 11.6 Å². The average Bonchev–Trinajstić information content (AvgIpc) is 2.32. The van der Waals surface area contributed by atoms with Gasteiger partial charge in [0, 0.05) is 6.04 Å². The summed E-state index contributed by atoms with van der Waals surface area (Å²) in [5.41, 5.74) is 0.876. The lowest BCUT2D eigenvalue weighted by molar-refractivity contribution is 0.394. The van der Waals surface area contributed by atoms with E-state index in [-0.39, 0.29) is 16.9 Å². The molecule has 18 heavy (non-hydrogen) atoms. The molecular formula is C15H23ClFN. The summed E-state index contributed by atoms with van der Waals surface area (Å²) in [6.07, 6.45) is 3.36. The van der Waals surface area contributed by atoms with Crippen molar-refractivity contribution in [3.63, 3.8) is 0 Å². The van der Waals surface area contributed by atoms with E-state index in [9.17, 15) is 4.39 Å². The third kappa shape index (κ3) is 4.25. The lowest BCUT2D eigenvalue weighted by Crippen LogP contribution is -2.23. The van der Waals surface area contributed by atoms with Crippen molar-refractivity contribution in [1.29, 1.82) is 0 Å². The van der Waals surface area contributed by atoms with Crippen LogP contribution in [0, 0.1) is 11.7 Å². The van der Waals surface area contributed by atoms with Crippen LogP contribution in [0.25, 0.3) is 0 Å². The molecule has 0 bridgehead atoms. The highest BCUT2D eigenvalue weighted by Crippen LogP contribution is 2.30. The summed E-state index contributed by atoms with van der Waals surface area (Å²) in [5.74, 6) is 0.276. The Morgan fingerprint density at radius 2 is 2.06 bits per heavy atom. The first-order valence-electron chi connectivity index (χ1n) is 6.77. The largest absolute Gasteiger partial charge is 0.310 e. The van der Waals surface area contributed by atoms with Crippen molar-refractivity contribution < 1.29 is 4.39 Å². The van der Waals surface area contributed by atoms with E-state index in [1.807, 2.05) is 6.07 Å². The predicted octanol–water partition coefficient (Wildman–Crippen LogP) is 4.96. The number of hydrogen-bond acceptors (Lipinski definition) is 1. The van der Waals surface area contributed by atoms with Crippen LogP contribution in [0.15, 0.2) is 18.2 Å². The molecule has 1 aromatic carbocycles. The standard InChI is InChI=1S/C15H23ClFN/c1-4-7-11(3)10-14(18-5-2)12-8-6-9-13(17)15(12)16/h6,8-9,11,14,18H,4-5,7,10H2,1-3H3. The molecule has 0 amide bonds. The molecule has 0 heterocycles. The molecule has 3 heteroatoms. The number of hydrogen-bond donors (Lipinski definition) is 1. The summed E-state index contributed by atoms with van der Waals surface area (Å²) in [6.45, 7) is 7.34. The van der Waals surface area contributed by atoms with E-state index in [2.05, 4.69) is 26.1 Å². The fraction of sp³-hybridized carbons (Fsp3) is 0.600. The van der Waals surface area contributed by atoms with Crippen molar-refractivity contribution in [2.45, 2.75) is 46.1 Å². The van der Waals surface area contributed by atoms with Gasteiger partial charge in [-0.1, -0.05) is 57.3 Å².